The van der Waals surface area contributed by atoms with Crippen molar-refractivity contribution in [2.75, 3.05) is 0 Å². The number of benzene rings is 1. The third kappa shape index (κ3) is 4.74. The second kappa shape index (κ2) is 9.14. The van der Waals surface area contributed by atoms with Gasteiger partial charge in [-0.2, -0.15) is 5.26 Å². The standard InChI is InChI=1S/C22H24N2O4/c1-5-16-6-8-17(9-7-16)21(26)15(4)28-20(25)11-10-18-13(2)19(12-23)22(27)24-14(18)3/h6-9,15H,5,10-11H2,1-4H3,(H,24,27)/t15-/m1/s1. The molecule has 146 valence electrons. The van der Waals surface area contributed by atoms with Crippen LogP contribution in [0.4, 0.5) is 0 Å². The summed E-state index contributed by atoms with van der Waals surface area (Å²) >= 11 is 0. The molecule has 0 aliphatic heterocycles. The zero-order chi connectivity index (χ0) is 20.8. The fourth-order valence-corrected chi connectivity index (χ4v) is 3.10. The van der Waals surface area contributed by atoms with E-state index >= 15 is 0 Å². The Morgan fingerprint density at radius 3 is 2.43 bits per heavy atom. The molecule has 1 N–H and O–H groups in total. The molecule has 0 bridgehead atoms. The number of aromatic nitrogens is 1. The van der Waals surface area contributed by atoms with Crippen LogP contribution in [0.25, 0.3) is 0 Å². The van der Waals surface area contributed by atoms with Crippen molar-refractivity contribution in [1.29, 1.82) is 5.26 Å². The maximum atomic E-state index is 12.4. The first kappa shape index (κ1) is 21.1. The van der Waals surface area contributed by atoms with E-state index in [1.807, 2.05) is 25.1 Å². The van der Waals surface area contributed by atoms with Crippen molar-refractivity contribution < 1.29 is 14.3 Å². The SMILES string of the molecule is CCc1ccc(C(=O)[C@@H](C)OC(=O)CCc2c(C)[nH]c(=O)c(C#N)c2C)cc1. The van der Waals surface area contributed by atoms with Crippen molar-refractivity contribution in [3.05, 3.63) is 68.1 Å². The quantitative estimate of drug-likeness (QED) is 0.587. The number of nitrogens with zero attached hydrogens (tertiary/aromatic N) is 1. The summed E-state index contributed by atoms with van der Waals surface area (Å²) in [6.45, 7) is 7.00. The molecule has 1 aromatic heterocycles. The van der Waals surface area contributed by atoms with E-state index in [2.05, 4.69) is 4.98 Å². The van der Waals surface area contributed by atoms with Gasteiger partial charge in [0.2, 0.25) is 5.78 Å². The number of pyridine rings is 1. The first-order valence-electron chi connectivity index (χ1n) is 9.23. The highest BCUT2D eigenvalue weighted by Crippen LogP contribution is 2.16. The molecule has 0 aliphatic carbocycles. The Morgan fingerprint density at radius 1 is 1.21 bits per heavy atom. The minimum Gasteiger partial charge on any atom is -0.454 e. The van der Waals surface area contributed by atoms with Crippen molar-refractivity contribution in [2.45, 2.75) is 53.1 Å². The zero-order valence-corrected chi connectivity index (χ0v) is 16.6. The van der Waals surface area contributed by atoms with Crippen molar-refractivity contribution in [2.24, 2.45) is 0 Å². The zero-order valence-electron chi connectivity index (χ0n) is 16.6. The molecule has 0 saturated heterocycles. The lowest BCUT2D eigenvalue weighted by Crippen LogP contribution is -2.25. The van der Waals surface area contributed by atoms with Crippen LogP contribution in [-0.2, 0) is 22.4 Å². The molecule has 0 aliphatic rings. The summed E-state index contributed by atoms with van der Waals surface area (Å²) in [5.74, 6) is -0.756. The topological polar surface area (TPSA) is 100 Å². The molecule has 0 radical (unpaired) electrons. The van der Waals surface area contributed by atoms with E-state index in [9.17, 15) is 14.4 Å². The highest BCUT2D eigenvalue weighted by molar-refractivity contribution is 6.00. The molecule has 28 heavy (non-hydrogen) atoms. The van der Waals surface area contributed by atoms with E-state index in [4.69, 9.17) is 10.00 Å². The number of hydrogen-bond donors (Lipinski definition) is 1. The van der Waals surface area contributed by atoms with E-state index in [1.165, 1.54) is 0 Å². The van der Waals surface area contributed by atoms with Crippen LogP contribution < -0.4 is 5.56 Å². The number of nitriles is 1. The van der Waals surface area contributed by atoms with Gasteiger partial charge in [-0.25, -0.2) is 0 Å². The maximum absolute atomic E-state index is 12.4. The van der Waals surface area contributed by atoms with E-state index < -0.39 is 17.6 Å². The van der Waals surface area contributed by atoms with Crippen LogP contribution >= 0.6 is 0 Å². The minimum atomic E-state index is -0.882. The second-order valence-corrected chi connectivity index (χ2v) is 6.72. The molecule has 0 amide bonds. The van der Waals surface area contributed by atoms with Crippen LogP contribution in [0.3, 0.4) is 0 Å². The fraction of sp³-hybridized carbons (Fsp3) is 0.364. The van der Waals surface area contributed by atoms with Crippen LogP contribution in [0.2, 0.25) is 0 Å². The Balaban J connectivity index is 2.01. The summed E-state index contributed by atoms with van der Waals surface area (Å²) in [5.41, 5.74) is 3.17. The Kier molecular flexibility index (Phi) is 6.89. The van der Waals surface area contributed by atoms with Crippen molar-refractivity contribution in [1.82, 2.24) is 4.98 Å². The van der Waals surface area contributed by atoms with Gasteiger partial charge >= 0.3 is 5.97 Å². The van der Waals surface area contributed by atoms with E-state index in [0.717, 1.165) is 17.5 Å². The number of rotatable bonds is 7. The molecule has 0 unspecified atom stereocenters. The van der Waals surface area contributed by atoms with Crippen LogP contribution in [-0.4, -0.2) is 22.8 Å². The van der Waals surface area contributed by atoms with Crippen molar-refractivity contribution >= 4 is 11.8 Å². The molecule has 6 nitrogen and oxygen atoms in total. The first-order valence-corrected chi connectivity index (χ1v) is 9.23. The molecule has 2 aromatic rings. The number of carbonyl (C=O) groups is 2. The minimum absolute atomic E-state index is 0.0466. The van der Waals surface area contributed by atoms with Crippen LogP contribution in [0, 0.1) is 25.2 Å². The lowest BCUT2D eigenvalue weighted by Gasteiger charge is -2.14. The maximum Gasteiger partial charge on any atom is 0.306 e. The summed E-state index contributed by atoms with van der Waals surface area (Å²) < 4.78 is 5.28. The van der Waals surface area contributed by atoms with Gasteiger partial charge in [0, 0.05) is 17.7 Å². The Labute approximate surface area is 164 Å². The van der Waals surface area contributed by atoms with Gasteiger partial charge in [0.05, 0.1) is 0 Å². The predicted molar refractivity (Wildman–Crippen MR) is 105 cm³/mol. The number of H-pyrrole nitrogens is 1. The Morgan fingerprint density at radius 2 is 1.86 bits per heavy atom. The molecular formula is C22H24N2O4. The molecule has 1 heterocycles. The monoisotopic (exact) mass is 380 g/mol. The molecule has 0 spiro atoms. The molecule has 1 aromatic carbocycles. The third-order valence-electron chi connectivity index (χ3n) is 4.82. The molecular weight excluding hydrogens is 356 g/mol. The highest BCUT2D eigenvalue weighted by atomic mass is 16.5. The van der Waals surface area contributed by atoms with Gasteiger partial charge in [-0.1, -0.05) is 31.2 Å². The van der Waals surface area contributed by atoms with Gasteiger partial charge in [0.15, 0.2) is 6.10 Å². The predicted octanol–water partition coefficient (Wildman–Crippen LogP) is 3.17. The van der Waals surface area contributed by atoms with Crippen molar-refractivity contribution in [3.8, 4) is 6.07 Å². The number of hydrogen-bond acceptors (Lipinski definition) is 5. The third-order valence-corrected chi connectivity index (χ3v) is 4.82. The smallest absolute Gasteiger partial charge is 0.306 e. The summed E-state index contributed by atoms with van der Waals surface area (Å²) in [5, 5.41) is 9.11. The van der Waals surface area contributed by atoms with Gasteiger partial charge in [-0.3, -0.25) is 14.4 Å². The van der Waals surface area contributed by atoms with E-state index in [1.54, 1.807) is 32.9 Å². The second-order valence-electron chi connectivity index (χ2n) is 6.72. The van der Waals surface area contributed by atoms with Crippen LogP contribution in [0.5, 0.6) is 0 Å². The van der Waals surface area contributed by atoms with Gasteiger partial charge in [0.25, 0.3) is 5.56 Å². The number of aromatic amines is 1. The lowest BCUT2D eigenvalue weighted by molar-refractivity contribution is -0.146. The number of carbonyl (C=O) groups excluding carboxylic acids is 2. The molecule has 2 rings (SSSR count). The summed E-state index contributed by atoms with van der Waals surface area (Å²) in [6.07, 6.45) is 0.363. The van der Waals surface area contributed by atoms with Crippen LogP contribution in [0.15, 0.2) is 29.1 Å². The van der Waals surface area contributed by atoms with Gasteiger partial charge < -0.3 is 9.72 Å². The summed E-state index contributed by atoms with van der Waals surface area (Å²) in [6, 6.07) is 9.13. The fourth-order valence-electron chi connectivity index (χ4n) is 3.10. The van der Waals surface area contributed by atoms with Crippen molar-refractivity contribution in [3.63, 3.8) is 0 Å². The molecule has 0 saturated carbocycles. The number of aryl methyl sites for hydroxylation is 2. The number of esters is 1. The largest absolute Gasteiger partial charge is 0.454 e. The lowest BCUT2D eigenvalue weighted by atomic mass is 9.99. The molecule has 0 fully saturated rings. The number of Topliss-reactive ketones (excluding diaryl/α,β-unsaturated/α-hetero) is 1. The van der Waals surface area contributed by atoms with E-state index in [-0.39, 0.29) is 17.8 Å². The molecule has 6 heteroatoms. The average Bonchev–Trinajstić information content (AvgIpc) is 2.67. The summed E-state index contributed by atoms with van der Waals surface area (Å²) in [4.78, 5) is 39.0. The highest BCUT2D eigenvalue weighted by Gasteiger charge is 2.20. The first-order chi connectivity index (χ1) is 13.3. The normalized spacial score (nSPS) is 11.5. The van der Waals surface area contributed by atoms with Crippen LogP contribution in [0.1, 0.15) is 58.6 Å². The van der Waals surface area contributed by atoms with Gasteiger partial charge in [-0.05, 0) is 50.3 Å². The number of ether oxygens (including phenoxy) is 1. The average molecular weight is 380 g/mol. The molecule has 1 atom stereocenters. The van der Waals surface area contributed by atoms with E-state index in [0.29, 0.717) is 23.2 Å². The van der Waals surface area contributed by atoms with Gasteiger partial charge in [-0.15, -0.1) is 0 Å². The Bertz CT molecular complexity index is 981. The number of ketones is 1. The number of nitrogens with one attached hydrogen (secondary N) is 1. The Hall–Kier alpha value is -3.20. The summed E-state index contributed by atoms with van der Waals surface area (Å²) in [7, 11) is 0. The van der Waals surface area contributed by atoms with Gasteiger partial charge in [0.1, 0.15) is 11.6 Å².